The Bertz CT molecular complexity index is 668. The molecule has 0 aromatic heterocycles. The fraction of sp³-hybridized carbons (Fsp3) is 0.429. The third-order valence-electron chi connectivity index (χ3n) is 4.23. The van der Waals surface area contributed by atoms with E-state index in [0.717, 1.165) is 49.7 Å². The van der Waals surface area contributed by atoms with Crippen LogP contribution < -0.4 is 9.05 Å². The van der Waals surface area contributed by atoms with E-state index in [2.05, 4.69) is 13.8 Å². The highest BCUT2D eigenvalue weighted by Gasteiger charge is 2.37. The zero-order valence-electron chi connectivity index (χ0n) is 16.0. The topological polar surface area (TPSA) is 76.0 Å². The Labute approximate surface area is 161 Å². The highest BCUT2D eigenvalue weighted by Crippen LogP contribution is 2.51. The van der Waals surface area contributed by atoms with E-state index in [1.165, 1.54) is 0 Å². The van der Waals surface area contributed by atoms with Crippen molar-refractivity contribution in [2.45, 2.75) is 58.4 Å². The molecular formula is C21H29O5P. The number of benzene rings is 2. The molecule has 0 aliphatic heterocycles. The first kappa shape index (κ1) is 21.5. The van der Waals surface area contributed by atoms with Crippen LogP contribution in [0.25, 0.3) is 0 Å². The van der Waals surface area contributed by atoms with E-state index >= 15 is 0 Å². The van der Waals surface area contributed by atoms with Crippen molar-refractivity contribution >= 4 is 7.60 Å². The smallest absolute Gasteiger partial charge is 0.413 e. The third-order valence-corrected chi connectivity index (χ3v) is 5.73. The number of hydrogen-bond acceptors (Lipinski definition) is 5. The molecule has 2 N–H and O–H groups in total. The SMILES string of the molecule is CCCCc1ccc(OP(=O)(Oc2ccc(CCCC)cc2)C(O)O)cc1. The maximum absolute atomic E-state index is 12.8. The van der Waals surface area contributed by atoms with E-state index < -0.39 is 13.6 Å². The van der Waals surface area contributed by atoms with Gasteiger partial charge in [-0.1, -0.05) is 51.0 Å². The minimum Gasteiger partial charge on any atom is -0.413 e. The largest absolute Gasteiger partial charge is 0.486 e. The second kappa shape index (κ2) is 10.5. The Morgan fingerprint density at radius 1 is 0.778 bits per heavy atom. The molecule has 0 fully saturated rings. The van der Waals surface area contributed by atoms with Crippen LogP contribution in [0.4, 0.5) is 0 Å². The minimum absolute atomic E-state index is 0.270. The first-order valence-electron chi connectivity index (χ1n) is 9.49. The predicted molar refractivity (Wildman–Crippen MR) is 107 cm³/mol. The molecule has 2 aromatic carbocycles. The Morgan fingerprint density at radius 2 is 1.15 bits per heavy atom. The van der Waals surface area contributed by atoms with Gasteiger partial charge in [0.25, 0.3) is 6.03 Å². The lowest BCUT2D eigenvalue weighted by molar-refractivity contribution is 0.0121. The summed E-state index contributed by atoms with van der Waals surface area (Å²) in [7, 11) is -4.20. The number of hydrogen-bond donors (Lipinski definition) is 2. The summed E-state index contributed by atoms with van der Waals surface area (Å²) in [5.41, 5.74) is 2.29. The quantitative estimate of drug-likeness (QED) is 0.401. The van der Waals surface area contributed by atoms with Crippen LogP contribution in [0.1, 0.15) is 50.7 Å². The van der Waals surface area contributed by atoms with Crippen molar-refractivity contribution in [1.82, 2.24) is 0 Å². The lowest BCUT2D eigenvalue weighted by Gasteiger charge is -2.21. The Balaban J connectivity index is 2.07. The summed E-state index contributed by atoms with van der Waals surface area (Å²) in [5, 5.41) is 19.2. The van der Waals surface area contributed by atoms with Gasteiger partial charge in [-0.15, -0.1) is 0 Å². The molecule has 0 radical (unpaired) electrons. The molecule has 0 aliphatic rings. The summed E-state index contributed by atoms with van der Waals surface area (Å²) in [4.78, 5) is 0. The first-order valence-corrected chi connectivity index (χ1v) is 11.1. The minimum atomic E-state index is -4.20. The standard InChI is InChI=1S/C21H29O5P/c1-3-5-7-17-9-13-19(14-10-17)25-27(24,21(22)23)26-20-15-11-18(12-16-20)8-6-4-2/h9-16,21-23H,3-8H2,1-2H3. The van der Waals surface area contributed by atoms with Crippen molar-refractivity contribution in [3.63, 3.8) is 0 Å². The normalized spacial score (nSPS) is 11.6. The Morgan fingerprint density at radius 3 is 1.44 bits per heavy atom. The average Bonchev–Trinajstić information content (AvgIpc) is 2.67. The lowest BCUT2D eigenvalue weighted by Crippen LogP contribution is -2.15. The molecular weight excluding hydrogens is 363 g/mol. The van der Waals surface area contributed by atoms with Crippen LogP contribution in [-0.4, -0.2) is 16.2 Å². The Hall–Kier alpha value is -1.81. The molecule has 0 saturated carbocycles. The van der Waals surface area contributed by atoms with Crippen molar-refractivity contribution in [2.75, 3.05) is 0 Å². The van der Waals surface area contributed by atoms with Crippen LogP contribution in [0.2, 0.25) is 0 Å². The molecule has 0 unspecified atom stereocenters. The van der Waals surface area contributed by atoms with Gasteiger partial charge in [-0.05, 0) is 61.1 Å². The van der Waals surface area contributed by atoms with Crippen LogP contribution in [0, 0.1) is 0 Å². The second-order valence-electron chi connectivity index (χ2n) is 6.56. The van der Waals surface area contributed by atoms with Crippen LogP contribution >= 0.6 is 7.60 Å². The van der Waals surface area contributed by atoms with Crippen LogP contribution in [-0.2, 0) is 17.4 Å². The highest BCUT2D eigenvalue weighted by atomic mass is 31.2. The lowest BCUT2D eigenvalue weighted by atomic mass is 10.1. The fourth-order valence-electron chi connectivity index (χ4n) is 2.60. The van der Waals surface area contributed by atoms with E-state index in [1.54, 1.807) is 24.3 Å². The maximum atomic E-state index is 12.8. The number of unbranched alkanes of at least 4 members (excludes halogenated alkanes) is 2. The molecule has 27 heavy (non-hydrogen) atoms. The van der Waals surface area contributed by atoms with E-state index in [9.17, 15) is 14.8 Å². The molecule has 0 heterocycles. The summed E-state index contributed by atoms with van der Waals surface area (Å²) >= 11 is 0. The zero-order chi connectivity index (χ0) is 19.7. The molecule has 0 bridgehead atoms. The number of aliphatic hydroxyl groups excluding tert-OH is 1. The van der Waals surface area contributed by atoms with E-state index in [0.29, 0.717) is 0 Å². The molecule has 0 atom stereocenters. The van der Waals surface area contributed by atoms with Crippen LogP contribution in [0.15, 0.2) is 48.5 Å². The van der Waals surface area contributed by atoms with Gasteiger partial charge in [0.2, 0.25) is 0 Å². The van der Waals surface area contributed by atoms with Gasteiger partial charge in [0.15, 0.2) is 0 Å². The number of aliphatic hydroxyl groups is 2. The molecule has 0 saturated heterocycles. The van der Waals surface area contributed by atoms with E-state index in [1.807, 2.05) is 24.3 Å². The summed E-state index contributed by atoms with van der Waals surface area (Å²) < 4.78 is 23.5. The summed E-state index contributed by atoms with van der Waals surface area (Å²) in [5.74, 6) is 0.539. The van der Waals surface area contributed by atoms with Gasteiger partial charge in [0.1, 0.15) is 11.5 Å². The summed E-state index contributed by atoms with van der Waals surface area (Å²) in [6.07, 6.45) is 6.30. The van der Waals surface area contributed by atoms with Gasteiger partial charge in [-0.25, -0.2) is 4.57 Å². The van der Waals surface area contributed by atoms with Crippen molar-refractivity contribution in [3.8, 4) is 11.5 Å². The number of aryl methyl sites for hydroxylation is 2. The van der Waals surface area contributed by atoms with Crippen molar-refractivity contribution in [1.29, 1.82) is 0 Å². The monoisotopic (exact) mass is 392 g/mol. The predicted octanol–water partition coefficient (Wildman–Crippen LogP) is 5.29. The fourth-order valence-corrected chi connectivity index (χ4v) is 3.66. The van der Waals surface area contributed by atoms with Gasteiger partial charge >= 0.3 is 7.60 Å². The van der Waals surface area contributed by atoms with Gasteiger partial charge in [0.05, 0.1) is 0 Å². The second-order valence-corrected chi connectivity index (χ2v) is 8.47. The van der Waals surface area contributed by atoms with E-state index in [4.69, 9.17) is 9.05 Å². The molecule has 6 heteroatoms. The molecule has 0 aliphatic carbocycles. The Kier molecular flexibility index (Phi) is 8.36. The van der Waals surface area contributed by atoms with Crippen molar-refractivity contribution in [3.05, 3.63) is 59.7 Å². The van der Waals surface area contributed by atoms with Gasteiger partial charge in [0, 0.05) is 0 Å². The number of rotatable bonds is 11. The van der Waals surface area contributed by atoms with Crippen molar-refractivity contribution < 1.29 is 23.8 Å². The molecule has 2 aromatic rings. The average molecular weight is 392 g/mol. The van der Waals surface area contributed by atoms with Gasteiger partial charge in [-0.2, -0.15) is 0 Å². The summed E-state index contributed by atoms with van der Waals surface area (Å²) in [6, 6.07) is 11.9. The summed E-state index contributed by atoms with van der Waals surface area (Å²) in [6.45, 7) is 4.26. The van der Waals surface area contributed by atoms with Crippen LogP contribution in [0.3, 0.4) is 0 Å². The molecule has 0 spiro atoms. The van der Waals surface area contributed by atoms with E-state index in [-0.39, 0.29) is 11.5 Å². The third kappa shape index (κ3) is 6.69. The van der Waals surface area contributed by atoms with Gasteiger partial charge in [-0.3, -0.25) is 0 Å². The van der Waals surface area contributed by atoms with Crippen LogP contribution in [0.5, 0.6) is 11.5 Å². The molecule has 2 rings (SSSR count). The highest BCUT2D eigenvalue weighted by molar-refractivity contribution is 7.55. The maximum Gasteiger partial charge on any atom is 0.486 e. The van der Waals surface area contributed by atoms with Crippen molar-refractivity contribution in [2.24, 2.45) is 0 Å². The molecule has 148 valence electrons. The first-order chi connectivity index (χ1) is 13.0. The zero-order valence-corrected chi connectivity index (χ0v) is 16.9. The molecule has 5 nitrogen and oxygen atoms in total. The van der Waals surface area contributed by atoms with Gasteiger partial charge < -0.3 is 19.3 Å². The molecule has 0 amide bonds.